The lowest BCUT2D eigenvalue weighted by molar-refractivity contribution is 0.282. The van der Waals surface area contributed by atoms with Gasteiger partial charge in [-0.3, -0.25) is 0 Å². The van der Waals surface area contributed by atoms with Crippen LogP contribution in [0.5, 0.6) is 0 Å². The van der Waals surface area contributed by atoms with Crippen LogP contribution in [0.1, 0.15) is 16.7 Å². The van der Waals surface area contributed by atoms with E-state index in [1.807, 2.05) is 60.7 Å². The van der Waals surface area contributed by atoms with Gasteiger partial charge in [0.1, 0.15) is 0 Å². The Morgan fingerprint density at radius 3 is 2.24 bits per heavy atom. The number of aliphatic hydroxyl groups is 1. The molecule has 0 saturated carbocycles. The van der Waals surface area contributed by atoms with Crippen LogP contribution in [0.15, 0.2) is 48.5 Å². The zero-order valence-electron chi connectivity index (χ0n) is 9.51. The Bertz CT molecular complexity index is 532. The number of nitrogens with two attached hydrogens (primary N) is 1. The van der Waals surface area contributed by atoms with Crippen molar-refractivity contribution in [1.29, 1.82) is 0 Å². The molecule has 17 heavy (non-hydrogen) atoms. The minimum absolute atomic E-state index is 0.0694. The molecule has 86 valence electrons. The maximum absolute atomic E-state index is 9.04. The zero-order chi connectivity index (χ0) is 12.1. The van der Waals surface area contributed by atoms with E-state index in [4.69, 9.17) is 10.8 Å². The summed E-state index contributed by atoms with van der Waals surface area (Å²) in [5.74, 6) is 0. The van der Waals surface area contributed by atoms with Gasteiger partial charge in [-0.15, -0.1) is 0 Å². The molecule has 0 heterocycles. The van der Waals surface area contributed by atoms with Gasteiger partial charge in [0, 0.05) is 5.69 Å². The van der Waals surface area contributed by atoms with E-state index >= 15 is 0 Å². The lowest BCUT2D eigenvalue weighted by atomic mass is 10.1. The van der Waals surface area contributed by atoms with Crippen LogP contribution < -0.4 is 5.73 Å². The van der Waals surface area contributed by atoms with Crippen LogP contribution in [-0.4, -0.2) is 5.11 Å². The molecule has 0 aliphatic heterocycles. The number of aliphatic hydroxyl groups excluding tert-OH is 1. The van der Waals surface area contributed by atoms with Gasteiger partial charge in [0.2, 0.25) is 0 Å². The van der Waals surface area contributed by atoms with Crippen LogP contribution in [0, 0.1) is 0 Å². The predicted molar refractivity (Wildman–Crippen MR) is 72.1 cm³/mol. The van der Waals surface area contributed by atoms with Gasteiger partial charge in [0.25, 0.3) is 0 Å². The van der Waals surface area contributed by atoms with Gasteiger partial charge in [-0.2, -0.15) is 0 Å². The van der Waals surface area contributed by atoms with Crippen molar-refractivity contribution in [2.24, 2.45) is 0 Å². The Labute approximate surface area is 101 Å². The molecule has 0 radical (unpaired) electrons. The summed E-state index contributed by atoms with van der Waals surface area (Å²) in [6.07, 6.45) is 4.01. The summed E-state index contributed by atoms with van der Waals surface area (Å²) in [5, 5.41) is 9.04. The van der Waals surface area contributed by atoms with Gasteiger partial charge in [-0.25, -0.2) is 0 Å². The third-order valence-corrected chi connectivity index (χ3v) is 2.51. The quantitative estimate of drug-likeness (QED) is 0.623. The van der Waals surface area contributed by atoms with E-state index in [2.05, 4.69) is 0 Å². The standard InChI is InChI=1S/C15H15NO/c16-15-6-2-4-13(10-15)8-7-12-3-1-5-14(9-12)11-17/h1-10,17H,11,16H2. The lowest BCUT2D eigenvalue weighted by Gasteiger charge is -1.99. The largest absolute Gasteiger partial charge is 0.399 e. The fourth-order valence-electron chi connectivity index (χ4n) is 1.65. The highest BCUT2D eigenvalue weighted by atomic mass is 16.3. The molecular formula is C15H15NO. The predicted octanol–water partition coefficient (Wildman–Crippen LogP) is 2.93. The normalized spacial score (nSPS) is 10.9. The molecule has 2 heteroatoms. The van der Waals surface area contributed by atoms with Gasteiger partial charge < -0.3 is 10.8 Å². The fraction of sp³-hybridized carbons (Fsp3) is 0.0667. The Hall–Kier alpha value is -2.06. The van der Waals surface area contributed by atoms with E-state index in [1.165, 1.54) is 0 Å². The van der Waals surface area contributed by atoms with E-state index in [0.29, 0.717) is 0 Å². The van der Waals surface area contributed by atoms with Crippen LogP contribution in [0.4, 0.5) is 5.69 Å². The third-order valence-electron chi connectivity index (χ3n) is 2.51. The molecule has 2 aromatic carbocycles. The number of benzene rings is 2. The average molecular weight is 225 g/mol. The molecule has 2 rings (SSSR count). The van der Waals surface area contributed by atoms with Crippen molar-refractivity contribution in [3.05, 3.63) is 65.2 Å². The van der Waals surface area contributed by atoms with Crippen molar-refractivity contribution in [3.63, 3.8) is 0 Å². The van der Waals surface area contributed by atoms with E-state index < -0.39 is 0 Å². The monoisotopic (exact) mass is 225 g/mol. The molecule has 0 spiro atoms. The second-order valence-electron chi connectivity index (χ2n) is 3.91. The molecule has 0 aromatic heterocycles. The second-order valence-corrected chi connectivity index (χ2v) is 3.91. The first-order valence-corrected chi connectivity index (χ1v) is 5.51. The molecule has 2 aromatic rings. The van der Waals surface area contributed by atoms with Gasteiger partial charge >= 0.3 is 0 Å². The Morgan fingerprint density at radius 2 is 1.59 bits per heavy atom. The summed E-state index contributed by atoms with van der Waals surface area (Å²) >= 11 is 0. The first-order chi connectivity index (χ1) is 8.28. The van der Waals surface area contributed by atoms with Crippen molar-refractivity contribution in [3.8, 4) is 0 Å². The number of hydrogen-bond acceptors (Lipinski definition) is 2. The van der Waals surface area contributed by atoms with Gasteiger partial charge in [0.05, 0.1) is 6.61 Å². The molecule has 0 unspecified atom stereocenters. The minimum atomic E-state index is 0.0694. The number of rotatable bonds is 3. The van der Waals surface area contributed by atoms with Crippen molar-refractivity contribution < 1.29 is 5.11 Å². The summed E-state index contributed by atoms with van der Waals surface area (Å²) < 4.78 is 0. The summed E-state index contributed by atoms with van der Waals surface area (Å²) in [6, 6.07) is 15.5. The summed E-state index contributed by atoms with van der Waals surface area (Å²) in [5.41, 5.74) is 9.52. The van der Waals surface area contributed by atoms with Crippen LogP contribution in [0.2, 0.25) is 0 Å². The molecule has 0 fully saturated rings. The van der Waals surface area contributed by atoms with Gasteiger partial charge in [-0.05, 0) is 34.9 Å². The van der Waals surface area contributed by atoms with Crippen molar-refractivity contribution >= 4 is 17.8 Å². The molecule has 0 amide bonds. The highest BCUT2D eigenvalue weighted by molar-refractivity contribution is 5.71. The fourth-order valence-corrected chi connectivity index (χ4v) is 1.65. The molecule has 3 N–H and O–H groups in total. The van der Waals surface area contributed by atoms with Crippen molar-refractivity contribution in [1.82, 2.24) is 0 Å². The van der Waals surface area contributed by atoms with Crippen LogP contribution >= 0.6 is 0 Å². The van der Waals surface area contributed by atoms with Crippen LogP contribution in [0.3, 0.4) is 0 Å². The minimum Gasteiger partial charge on any atom is -0.399 e. The van der Waals surface area contributed by atoms with Crippen LogP contribution in [-0.2, 0) is 6.61 Å². The summed E-state index contributed by atoms with van der Waals surface area (Å²) in [7, 11) is 0. The van der Waals surface area contributed by atoms with Crippen molar-refractivity contribution in [2.45, 2.75) is 6.61 Å². The van der Waals surface area contributed by atoms with Gasteiger partial charge in [-0.1, -0.05) is 42.5 Å². The average Bonchev–Trinajstić information content (AvgIpc) is 2.37. The Balaban J connectivity index is 2.19. The summed E-state index contributed by atoms with van der Waals surface area (Å²) in [6.45, 7) is 0.0694. The topological polar surface area (TPSA) is 46.2 Å². The zero-order valence-corrected chi connectivity index (χ0v) is 9.51. The molecule has 0 aliphatic rings. The number of nitrogen functional groups attached to an aromatic ring is 1. The maximum atomic E-state index is 9.04. The van der Waals surface area contributed by atoms with E-state index in [0.717, 1.165) is 22.4 Å². The van der Waals surface area contributed by atoms with Crippen molar-refractivity contribution in [2.75, 3.05) is 5.73 Å². The first kappa shape index (κ1) is 11.4. The third kappa shape index (κ3) is 3.20. The molecule has 0 bridgehead atoms. The molecule has 0 saturated heterocycles. The van der Waals surface area contributed by atoms with E-state index in [9.17, 15) is 0 Å². The first-order valence-electron chi connectivity index (χ1n) is 5.51. The van der Waals surface area contributed by atoms with E-state index in [1.54, 1.807) is 0 Å². The van der Waals surface area contributed by atoms with Gasteiger partial charge in [0.15, 0.2) is 0 Å². The molecule has 2 nitrogen and oxygen atoms in total. The second kappa shape index (κ2) is 5.32. The SMILES string of the molecule is Nc1cccc(C=Cc2cccc(CO)c2)c1. The highest BCUT2D eigenvalue weighted by Gasteiger charge is 1.92. The number of anilines is 1. The number of hydrogen-bond donors (Lipinski definition) is 2. The lowest BCUT2D eigenvalue weighted by Crippen LogP contribution is -1.84. The Kier molecular flexibility index (Phi) is 3.58. The maximum Gasteiger partial charge on any atom is 0.0682 e. The van der Waals surface area contributed by atoms with E-state index in [-0.39, 0.29) is 6.61 Å². The summed E-state index contributed by atoms with van der Waals surface area (Å²) in [4.78, 5) is 0. The smallest absolute Gasteiger partial charge is 0.0682 e. The molecule has 0 aliphatic carbocycles. The molecule has 0 atom stereocenters. The molecular weight excluding hydrogens is 210 g/mol. The highest BCUT2D eigenvalue weighted by Crippen LogP contribution is 2.12. The van der Waals surface area contributed by atoms with Crippen LogP contribution in [0.25, 0.3) is 12.2 Å². The Morgan fingerprint density at radius 1 is 0.941 bits per heavy atom.